The Morgan fingerprint density at radius 3 is 1.84 bits per heavy atom. The second kappa shape index (κ2) is 31.2. The van der Waals surface area contributed by atoms with Crippen LogP contribution in [0.25, 0.3) is 0 Å². The van der Waals surface area contributed by atoms with Crippen LogP contribution < -0.4 is 26.6 Å². The number of nitrogens with zero attached hydrogens (tertiary/aromatic N) is 6. The number of halogens is 4. The lowest BCUT2D eigenvalue weighted by atomic mass is 9.78. The molecule has 506 valence electrons. The smallest absolute Gasteiger partial charge is 0.351 e. The monoisotopic (exact) mass is 1290 g/mol. The molecular weight excluding hydrogens is 1190 g/mol. The standard InChI is InChI=1S/C64H101ClF3N11O11/c1-10-38(3)53-61(89)75(7)36-52(82)78-31-27-49(78)56(84)71-47(34-42-21-19-37(2)20-22-42)59(87)74(6)35-50(80)70-46(26-24-41-23-25-44(45(65)33-41)64(66,67)68)60(88)79-30-15-18-48(79)57(85)73-63(28-13-14-29-63)62(90)77(9)54(43-16-11-12-17-43)58(86)69-39(4)32-51(81)76(8)40(5)55(83)72-53/h37-49,53-54H,10-36H2,1-9H3,(H,69,86)(H,70,80)(H,71,84)(H,72,83)(H,73,85)/t37?,38-,39+,40-,41?,42?,44?,45?,46-,47-,48-,49-,53-,54-/m0/s1. The third-order valence-electron chi connectivity index (χ3n) is 21.2. The molecule has 3 unspecified atom stereocenters. The molecule has 3 aliphatic heterocycles. The predicted molar refractivity (Wildman–Crippen MR) is 329 cm³/mol. The van der Waals surface area contributed by atoms with Gasteiger partial charge in [0, 0.05) is 59.1 Å². The summed E-state index contributed by atoms with van der Waals surface area (Å²) in [6.45, 7) is 8.21. The highest BCUT2D eigenvalue weighted by Gasteiger charge is 2.51. The molecule has 0 radical (unpaired) electrons. The largest absolute Gasteiger partial charge is 0.393 e. The number of alkyl halides is 4. The lowest BCUT2D eigenvalue weighted by molar-refractivity contribution is -0.182. The summed E-state index contributed by atoms with van der Waals surface area (Å²) in [4.78, 5) is 167. The maximum atomic E-state index is 15.2. The third kappa shape index (κ3) is 17.5. The second-order valence-electron chi connectivity index (χ2n) is 27.8. The quantitative estimate of drug-likeness (QED) is 0.207. The highest BCUT2D eigenvalue weighted by molar-refractivity contribution is 6.20. The van der Waals surface area contributed by atoms with Gasteiger partial charge in [0.2, 0.25) is 65.0 Å². The molecule has 0 aromatic heterocycles. The number of hydrogen-bond acceptors (Lipinski definition) is 11. The van der Waals surface area contributed by atoms with Crippen LogP contribution in [0.15, 0.2) is 0 Å². The van der Waals surface area contributed by atoms with Gasteiger partial charge in [-0.05, 0) is 127 Å². The number of likely N-dealkylation sites (N-methyl/N-ethyl adjacent to an activating group) is 4. The molecule has 0 bridgehead atoms. The van der Waals surface area contributed by atoms with Gasteiger partial charge in [0.1, 0.15) is 47.8 Å². The molecule has 4 saturated carbocycles. The lowest BCUT2D eigenvalue weighted by Gasteiger charge is -2.41. The number of carbonyl (C=O) groups is 11. The van der Waals surface area contributed by atoms with Gasteiger partial charge in [0.15, 0.2) is 0 Å². The van der Waals surface area contributed by atoms with E-state index < -0.39 is 155 Å². The molecule has 7 fully saturated rings. The van der Waals surface area contributed by atoms with E-state index in [0.29, 0.717) is 44.4 Å². The first-order valence-corrected chi connectivity index (χ1v) is 33.7. The molecule has 12 atom stereocenters. The van der Waals surface area contributed by atoms with Crippen molar-refractivity contribution in [3.05, 3.63) is 0 Å². The van der Waals surface area contributed by atoms with Gasteiger partial charge < -0.3 is 56.0 Å². The highest BCUT2D eigenvalue weighted by Crippen LogP contribution is 2.44. The molecule has 4 aliphatic carbocycles. The topological polar surface area (TPSA) is 267 Å². The van der Waals surface area contributed by atoms with Gasteiger partial charge in [-0.2, -0.15) is 13.2 Å². The Bertz CT molecular complexity index is 2620. The molecule has 90 heavy (non-hydrogen) atoms. The number of nitrogens with one attached hydrogen (secondary N) is 5. The average molecular weight is 1290 g/mol. The minimum absolute atomic E-state index is 0.0201. The van der Waals surface area contributed by atoms with Gasteiger partial charge in [-0.25, -0.2) is 0 Å². The van der Waals surface area contributed by atoms with Crippen LogP contribution in [-0.2, 0) is 52.7 Å². The first-order valence-electron chi connectivity index (χ1n) is 33.3. The fourth-order valence-corrected chi connectivity index (χ4v) is 15.5. The van der Waals surface area contributed by atoms with Crippen molar-refractivity contribution in [1.82, 2.24) is 56.0 Å². The Kier molecular flexibility index (Phi) is 24.9. The van der Waals surface area contributed by atoms with Gasteiger partial charge in [-0.1, -0.05) is 78.6 Å². The maximum Gasteiger partial charge on any atom is 0.393 e. The van der Waals surface area contributed by atoms with E-state index in [1.807, 2.05) is 6.92 Å². The zero-order valence-corrected chi connectivity index (χ0v) is 55.2. The molecule has 0 aromatic carbocycles. The van der Waals surface area contributed by atoms with Crippen LogP contribution in [-0.4, -0.2) is 214 Å². The molecule has 22 nitrogen and oxygen atoms in total. The predicted octanol–water partition coefficient (Wildman–Crippen LogP) is 4.78. The van der Waals surface area contributed by atoms with Crippen LogP contribution in [0, 0.1) is 35.5 Å². The second-order valence-corrected chi connectivity index (χ2v) is 28.3. The molecule has 7 aliphatic rings. The number of fused-ring (bicyclic) bond motifs is 2. The van der Waals surface area contributed by atoms with E-state index in [9.17, 15) is 56.3 Å². The fraction of sp³-hybridized carbons (Fsp3) is 0.828. The summed E-state index contributed by atoms with van der Waals surface area (Å²) in [7, 11) is 5.81. The van der Waals surface area contributed by atoms with Crippen molar-refractivity contribution >= 4 is 76.6 Å². The van der Waals surface area contributed by atoms with Crippen molar-refractivity contribution < 1.29 is 65.9 Å². The van der Waals surface area contributed by atoms with Crippen molar-refractivity contribution in [2.45, 2.75) is 248 Å². The van der Waals surface area contributed by atoms with E-state index >= 15 is 9.59 Å². The molecular formula is C64H101ClF3N11O11. The van der Waals surface area contributed by atoms with Crippen molar-refractivity contribution in [3.63, 3.8) is 0 Å². The summed E-state index contributed by atoms with van der Waals surface area (Å²) in [6.07, 6.45) is 4.99. The minimum Gasteiger partial charge on any atom is -0.351 e. The number of amides is 11. The van der Waals surface area contributed by atoms with Gasteiger partial charge in [0.05, 0.1) is 19.0 Å². The van der Waals surface area contributed by atoms with Gasteiger partial charge in [0.25, 0.3) is 0 Å². The number of rotatable bonds is 8. The SMILES string of the molecule is CC[C@H](C)[C@@H]1NC(=O)[C@H](C)N(C)C(=O)C[C@@H](C)NC(=O)[C@H](C2CCCC2)N(C)C(=O)C2(CCCC2)NC(=O)[C@@H]2CCCN2C(=O)[C@H](CCC2CCC(C(F)(F)F)C(Cl)C2)NC(=O)CN(C)C(=O)[C@H](CC2CCC(C)CC2)NC(=O)[C@@H]2CCN2C(=O)CN(C)C1=O. The summed E-state index contributed by atoms with van der Waals surface area (Å²) < 4.78 is 41.7. The van der Waals surface area contributed by atoms with E-state index in [-0.39, 0.29) is 101 Å². The molecule has 11 amide bonds. The molecule has 7 rings (SSSR count). The van der Waals surface area contributed by atoms with Crippen LogP contribution in [0.2, 0.25) is 0 Å². The van der Waals surface area contributed by atoms with Crippen molar-refractivity contribution in [3.8, 4) is 0 Å². The number of hydrogen-bond donors (Lipinski definition) is 5. The maximum absolute atomic E-state index is 15.2. The average Bonchev–Trinajstić information content (AvgIpc) is 1.49. The Labute approximate surface area is 534 Å². The van der Waals surface area contributed by atoms with Crippen LogP contribution in [0.5, 0.6) is 0 Å². The molecule has 0 aromatic rings. The van der Waals surface area contributed by atoms with Crippen LogP contribution in [0.4, 0.5) is 13.2 Å². The molecule has 5 N–H and O–H groups in total. The van der Waals surface area contributed by atoms with E-state index in [4.69, 9.17) is 11.6 Å². The van der Waals surface area contributed by atoms with E-state index in [2.05, 4.69) is 33.5 Å². The van der Waals surface area contributed by atoms with Gasteiger partial charge >= 0.3 is 6.18 Å². The summed E-state index contributed by atoms with van der Waals surface area (Å²) in [5.41, 5.74) is -1.45. The summed E-state index contributed by atoms with van der Waals surface area (Å²) in [5.74, 6) is -8.57. The minimum atomic E-state index is -4.49. The van der Waals surface area contributed by atoms with E-state index in [0.717, 1.165) is 43.4 Å². The molecule has 3 heterocycles. The summed E-state index contributed by atoms with van der Waals surface area (Å²) in [6, 6.07) is -8.46. The lowest BCUT2D eigenvalue weighted by Crippen LogP contribution is -2.64. The first-order chi connectivity index (χ1) is 42.4. The fourth-order valence-electron chi connectivity index (χ4n) is 15.0. The van der Waals surface area contributed by atoms with Crippen LogP contribution in [0.3, 0.4) is 0 Å². The molecule has 1 spiro atoms. The zero-order chi connectivity index (χ0) is 66.1. The molecule has 3 saturated heterocycles. The Balaban J connectivity index is 1.19. The third-order valence-corrected chi connectivity index (χ3v) is 21.7. The van der Waals surface area contributed by atoms with E-state index in [1.165, 1.54) is 52.6 Å². The highest BCUT2D eigenvalue weighted by atomic mass is 35.5. The van der Waals surface area contributed by atoms with Gasteiger partial charge in [-0.3, -0.25) is 52.7 Å². The van der Waals surface area contributed by atoms with Crippen molar-refractivity contribution in [2.24, 2.45) is 35.5 Å². The molecule has 26 heteroatoms. The summed E-state index contributed by atoms with van der Waals surface area (Å²) >= 11 is 6.37. The Morgan fingerprint density at radius 1 is 0.600 bits per heavy atom. The van der Waals surface area contributed by atoms with Gasteiger partial charge in [-0.15, -0.1) is 11.6 Å². The van der Waals surface area contributed by atoms with E-state index in [1.54, 1.807) is 20.9 Å². The van der Waals surface area contributed by atoms with Crippen molar-refractivity contribution in [2.75, 3.05) is 54.4 Å². The zero-order valence-electron chi connectivity index (χ0n) is 54.4. The number of carbonyl (C=O) groups excluding carboxylic acids is 11. The normalized spacial score (nSPS) is 33.4. The summed E-state index contributed by atoms with van der Waals surface area (Å²) in [5, 5.41) is 13.4. The Morgan fingerprint density at radius 2 is 1.23 bits per heavy atom. The Hall–Kier alpha value is -5.75. The van der Waals surface area contributed by atoms with Crippen LogP contribution >= 0.6 is 11.6 Å². The van der Waals surface area contributed by atoms with Crippen molar-refractivity contribution in [1.29, 1.82) is 0 Å². The van der Waals surface area contributed by atoms with Crippen LogP contribution in [0.1, 0.15) is 182 Å². The first kappa shape index (κ1) is 71.7.